The number of ether oxygens (including phenoxy) is 2. The predicted molar refractivity (Wildman–Crippen MR) is 71.7 cm³/mol. The number of anilines is 1. The predicted octanol–water partition coefficient (Wildman–Crippen LogP) is 1.77. The number of rotatable bonds is 3. The van der Waals surface area contributed by atoms with E-state index < -0.39 is 0 Å². The van der Waals surface area contributed by atoms with E-state index in [4.69, 9.17) is 9.47 Å². The lowest BCUT2D eigenvalue weighted by molar-refractivity contribution is 0.0733. The third-order valence-electron chi connectivity index (χ3n) is 3.63. The molecular weight excluding hydrogens is 244 g/mol. The first-order valence-electron chi connectivity index (χ1n) is 6.66. The average molecular weight is 262 g/mol. The zero-order valence-corrected chi connectivity index (χ0v) is 11.0. The molecule has 1 atom stereocenters. The molecule has 0 aliphatic carbocycles. The summed E-state index contributed by atoms with van der Waals surface area (Å²) < 4.78 is 10.9. The molecule has 1 aromatic carbocycles. The van der Waals surface area contributed by atoms with Crippen LogP contribution in [0.1, 0.15) is 13.3 Å². The highest BCUT2D eigenvalue weighted by Crippen LogP contribution is 2.32. The number of amides is 1. The summed E-state index contributed by atoms with van der Waals surface area (Å²) in [5.41, 5.74) is 0.521. The second-order valence-electron chi connectivity index (χ2n) is 4.99. The van der Waals surface area contributed by atoms with Crippen molar-refractivity contribution < 1.29 is 14.3 Å². The van der Waals surface area contributed by atoms with Crippen molar-refractivity contribution in [1.82, 2.24) is 5.32 Å². The summed E-state index contributed by atoms with van der Waals surface area (Å²) in [5.74, 6) is 0.816. The van der Waals surface area contributed by atoms with Gasteiger partial charge in [-0.2, -0.15) is 0 Å². The van der Waals surface area contributed by atoms with Gasteiger partial charge in [0.1, 0.15) is 11.4 Å². The molecule has 0 radical (unpaired) electrons. The first kappa shape index (κ1) is 12.3. The smallest absolute Gasteiger partial charge is 0.415 e. The molecule has 102 valence electrons. The lowest BCUT2D eigenvalue weighted by atomic mass is 10.0. The average Bonchev–Trinajstić information content (AvgIpc) is 2.99. The van der Waals surface area contributed by atoms with E-state index in [1.807, 2.05) is 31.2 Å². The van der Waals surface area contributed by atoms with Gasteiger partial charge in [-0.05, 0) is 37.7 Å². The van der Waals surface area contributed by atoms with Crippen LogP contribution in [0.15, 0.2) is 24.3 Å². The van der Waals surface area contributed by atoms with E-state index in [1.165, 1.54) is 0 Å². The molecule has 5 heteroatoms. The maximum Gasteiger partial charge on any atom is 0.415 e. The maximum absolute atomic E-state index is 12.0. The Morgan fingerprint density at radius 2 is 2.21 bits per heavy atom. The summed E-state index contributed by atoms with van der Waals surface area (Å²) in [6, 6.07) is 7.55. The first-order valence-corrected chi connectivity index (χ1v) is 6.66. The van der Waals surface area contributed by atoms with Crippen LogP contribution in [-0.4, -0.2) is 37.9 Å². The van der Waals surface area contributed by atoms with Crippen LogP contribution in [0.25, 0.3) is 0 Å². The Kier molecular flexibility index (Phi) is 3.06. The summed E-state index contributed by atoms with van der Waals surface area (Å²) >= 11 is 0. The summed E-state index contributed by atoms with van der Waals surface area (Å²) in [5, 5.41) is 3.25. The van der Waals surface area contributed by atoms with Crippen LogP contribution in [0.5, 0.6) is 5.75 Å². The van der Waals surface area contributed by atoms with Crippen LogP contribution in [0.2, 0.25) is 0 Å². The highest BCUT2D eigenvalue weighted by molar-refractivity contribution is 5.90. The molecule has 0 bridgehead atoms. The third kappa shape index (κ3) is 2.26. The number of carbonyl (C=O) groups is 1. The molecule has 1 unspecified atom stereocenters. The first-order chi connectivity index (χ1) is 9.22. The fraction of sp³-hybridized carbons (Fsp3) is 0.500. The quantitative estimate of drug-likeness (QED) is 0.902. The fourth-order valence-electron chi connectivity index (χ4n) is 2.65. The summed E-state index contributed by atoms with van der Waals surface area (Å²) in [4.78, 5) is 13.7. The van der Waals surface area contributed by atoms with E-state index >= 15 is 0 Å². The topological polar surface area (TPSA) is 50.8 Å². The van der Waals surface area contributed by atoms with E-state index in [1.54, 1.807) is 4.90 Å². The molecule has 1 spiro atoms. The van der Waals surface area contributed by atoms with Gasteiger partial charge in [-0.15, -0.1) is 0 Å². The second-order valence-corrected chi connectivity index (χ2v) is 4.99. The van der Waals surface area contributed by atoms with Crippen LogP contribution in [0.4, 0.5) is 10.5 Å². The van der Waals surface area contributed by atoms with Crippen molar-refractivity contribution in [3.8, 4) is 5.75 Å². The summed E-state index contributed by atoms with van der Waals surface area (Å²) in [6.07, 6.45) is 0.625. The Bertz CT molecular complexity index is 466. The molecule has 2 aliphatic rings. The van der Waals surface area contributed by atoms with Crippen molar-refractivity contribution in [2.75, 3.05) is 31.1 Å². The minimum atomic E-state index is -0.338. The van der Waals surface area contributed by atoms with E-state index in [0.29, 0.717) is 13.2 Å². The van der Waals surface area contributed by atoms with Crippen LogP contribution < -0.4 is 15.0 Å². The normalized spacial score (nSPS) is 25.9. The van der Waals surface area contributed by atoms with E-state index in [-0.39, 0.29) is 11.7 Å². The van der Waals surface area contributed by atoms with Gasteiger partial charge in [-0.25, -0.2) is 4.79 Å². The number of nitrogens with zero attached hydrogens (tertiary/aromatic N) is 1. The standard InChI is InChI=1S/C14H18N2O3/c1-2-18-12-5-3-11(4-6-12)16-10-14(19-13(16)17)7-8-15-9-14/h3-6,15H,2,7-10H2,1H3. The molecule has 2 aliphatic heterocycles. The molecule has 3 rings (SSSR count). The van der Waals surface area contributed by atoms with E-state index in [9.17, 15) is 4.79 Å². The third-order valence-corrected chi connectivity index (χ3v) is 3.63. The second kappa shape index (κ2) is 4.74. The molecule has 19 heavy (non-hydrogen) atoms. The SMILES string of the molecule is CCOc1ccc(N2CC3(CCNC3)OC2=O)cc1. The Balaban J connectivity index is 1.76. The highest BCUT2D eigenvalue weighted by Gasteiger charge is 2.47. The molecule has 2 heterocycles. The maximum atomic E-state index is 12.0. The van der Waals surface area contributed by atoms with E-state index in [2.05, 4.69) is 5.32 Å². The summed E-state index contributed by atoms with van der Waals surface area (Å²) in [7, 11) is 0. The Morgan fingerprint density at radius 1 is 1.42 bits per heavy atom. The zero-order valence-electron chi connectivity index (χ0n) is 11.0. The Hall–Kier alpha value is -1.75. The minimum Gasteiger partial charge on any atom is -0.494 e. The van der Waals surface area contributed by atoms with Crippen molar-refractivity contribution in [3.63, 3.8) is 0 Å². The van der Waals surface area contributed by atoms with Gasteiger partial charge in [0.15, 0.2) is 0 Å². The number of nitrogens with one attached hydrogen (secondary N) is 1. The van der Waals surface area contributed by atoms with Crippen molar-refractivity contribution in [2.45, 2.75) is 18.9 Å². The van der Waals surface area contributed by atoms with Crippen molar-refractivity contribution in [2.24, 2.45) is 0 Å². The molecule has 1 amide bonds. The van der Waals surface area contributed by atoms with Crippen molar-refractivity contribution in [3.05, 3.63) is 24.3 Å². The molecule has 1 N–H and O–H groups in total. The molecule has 5 nitrogen and oxygen atoms in total. The Morgan fingerprint density at radius 3 is 2.84 bits per heavy atom. The highest BCUT2D eigenvalue weighted by atomic mass is 16.6. The van der Waals surface area contributed by atoms with Gasteiger partial charge < -0.3 is 14.8 Å². The van der Waals surface area contributed by atoms with Crippen LogP contribution in [0.3, 0.4) is 0 Å². The van der Waals surface area contributed by atoms with Gasteiger partial charge in [0.05, 0.1) is 13.2 Å². The van der Waals surface area contributed by atoms with E-state index in [0.717, 1.165) is 30.9 Å². The van der Waals surface area contributed by atoms with Gasteiger partial charge in [0.25, 0.3) is 0 Å². The van der Waals surface area contributed by atoms with Crippen molar-refractivity contribution >= 4 is 11.8 Å². The van der Waals surface area contributed by atoms with Gasteiger partial charge >= 0.3 is 6.09 Å². The monoisotopic (exact) mass is 262 g/mol. The molecule has 2 saturated heterocycles. The molecular formula is C14H18N2O3. The lowest BCUT2D eigenvalue weighted by Gasteiger charge is -2.19. The molecule has 2 fully saturated rings. The number of hydrogen-bond donors (Lipinski definition) is 1. The van der Waals surface area contributed by atoms with Gasteiger partial charge in [-0.1, -0.05) is 0 Å². The molecule has 0 aromatic heterocycles. The zero-order chi connectivity index (χ0) is 13.3. The van der Waals surface area contributed by atoms with Gasteiger partial charge in [-0.3, -0.25) is 4.90 Å². The largest absolute Gasteiger partial charge is 0.494 e. The number of benzene rings is 1. The lowest BCUT2D eigenvalue weighted by Crippen LogP contribution is -2.36. The van der Waals surface area contributed by atoms with Crippen LogP contribution in [0, 0.1) is 0 Å². The van der Waals surface area contributed by atoms with Crippen molar-refractivity contribution in [1.29, 1.82) is 0 Å². The number of carbonyl (C=O) groups excluding carboxylic acids is 1. The van der Waals surface area contributed by atoms with Gasteiger partial charge in [0.2, 0.25) is 0 Å². The van der Waals surface area contributed by atoms with Crippen LogP contribution in [-0.2, 0) is 4.74 Å². The fourth-order valence-corrected chi connectivity index (χ4v) is 2.65. The molecule has 0 saturated carbocycles. The summed E-state index contributed by atoms with van der Waals surface area (Å²) in [6.45, 7) is 4.85. The Labute approximate surface area is 112 Å². The molecule has 1 aromatic rings. The minimum absolute atomic E-state index is 0.257. The van der Waals surface area contributed by atoms with Crippen LogP contribution >= 0.6 is 0 Å². The van der Waals surface area contributed by atoms with Gasteiger partial charge in [0, 0.05) is 18.7 Å². The number of hydrogen-bond acceptors (Lipinski definition) is 4.